The number of carbonyl (C=O) groups is 2. The van der Waals surface area contributed by atoms with Gasteiger partial charge in [0.25, 0.3) is 0 Å². The molecule has 0 aliphatic heterocycles. The minimum absolute atomic E-state index is 0.133. The lowest BCUT2D eigenvalue weighted by Crippen LogP contribution is -2.50. The Hall–Kier alpha value is -1.60. The maximum absolute atomic E-state index is 12.8. The summed E-state index contributed by atoms with van der Waals surface area (Å²) in [6.45, 7) is 6.16. The Morgan fingerprint density at radius 1 is 1.25 bits per heavy atom. The van der Waals surface area contributed by atoms with Crippen molar-refractivity contribution in [2.75, 3.05) is 17.6 Å². The molecule has 2 amide bonds. The molecule has 5 nitrogen and oxygen atoms in total. The summed E-state index contributed by atoms with van der Waals surface area (Å²) in [7, 11) is 0. The molecule has 0 aliphatic rings. The highest BCUT2D eigenvalue weighted by Gasteiger charge is 2.23. The molecular formula is C17H26FN3O2S. The van der Waals surface area contributed by atoms with Crippen molar-refractivity contribution >= 4 is 29.3 Å². The van der Waals surface area contributed by atoms with E-state index in [1.807, 2.05) is 13.8 Å². The summed E-state index contributed by atoms with van der Waals surface area (Å²) in [5, 5.41) is 5.15. The Balaban J connectivity index is 2.36. The Bertz CT molecular complexity index is 547. The molecule has 0 aliphatic carbocycles. The Morgan fingerprint density at radius 2 is 1.83 bits per heavy atom. The fourth-order valence-corrected chi connectivity index (χ4v) is 2.62. The molecule has 0 bridgehead atoms. The van der Waals surface area contributed by atoms with Crippen LogP contribution in [0.2, 0.25) is 0 Å². The average molecular weight is 355 g/mol. The zero-order valence-corrected chi connectivity index (χ0v) is 15.2. The van der Waals surface area contributed by atoms with Gasteiger partial charge in [0.15, 0.2) is 0 Å². The summed E-state index contributed by atoms with van der Waals surface area (Å²) in [5.41, 5.74) is 6.29. The predicted octanol–water partition coefficient (Wildman–Crippen LogP) is 2.52. The van der Waals surface area contributed by atoms with Crippen LogP contribution >= 0.6 is 11.8 Å². The number of thioether (sulfide) groups is 1. The van der Waals surface area contributed by atoms with E-state index in [-0.39, 0.29) is 34.2 Å². The second-order valence-corrected chi connectivity index (χ2v) is 7.12. The number of halogens is 1. The minimum atomic E-state index is -0.389. The van der Waals surface area contributed by atoms with Gasteiger partial charge in [0.2, 0.25) is 11.8 Å². The van der Waals surface area contributed by atoms with Gasteiger partial charge >= 0.3 is 0 Å². The van der Waals surface area contributed by atoms with Crippen LogP contribution in [-0.2, 0) is 9.59 Å². The quantitative estimate of drug-likeness (QED) is 0.635. The van der Waals surface area contributed by atoms with E-state index in [0.717, 1.165) is 12.8 Å². The lowest BCUT2D eigenvalue weighted by atomic mass is 9.94. The second kappa shape index (κ2) is 9.64. The van der Waals surface area contributed by atoms with Crippen LogP contribution in [-0.4, -0.2) is 34.9 Å². The first-order valence-electron chi connectivity index (χ1n) is 8.03. The molecular weight excluding hydrogens is 329 g/mol. The number of benzene rings is 1. The maximum atomic E-state index is 12.8. The number of rotatable bonds is 9. The third-order valence-electron chi connectivity index (χ3n) is 3.98. The number of hydrogen-bond donors (Lipinski definition) is 3. The molecule has 0 heterocycles. The van der Waals surface area contributed by atoms with Gasteiger partial charge in [0.1, 0.15) is 5.82 Å². The molecule has 1 rings (SSSR count). The lowest BCUT2D eigenvalue weighted by Gasteiger charge is -2.27. The highest BCUT2D eigenvalue weighted by atomic mass is 32.2. The number of nitrogens with one attached hydrogen (secondary N) is 2. The van der Waals surface area contributed by atoms with Crippen LogP contribution < -0.4 is 16.4 Å². The van der Waals surface area contributed by atoms with Crippen LogP contribution in [0.15, 0.2) is 24.3 Å². The third kappa shape index (κ3) is 6.88. The van der Waals surface area contributed by atoms with Crippen molar-refractivity contribution in [2.24, 2.45) is 5.73 Å². The molecule has 134 valence electrons. The number of anilines is 1. The topological polar surface area (TPSA) is 84.2 Å². The largest absolute Gasteiger partial charge is 0.353 e. The molecule has 0 saturated carbocycles. The summed E-state index contributed by atoms with van der Waals surface area (Å²) in [6.07, 6.45) is 1.57. The maximum Gasteiger partial charge on any atom is 0.234 e. The van der Waals surface area contributed by atoms with Gasteiger partial charge in [-0.15, -0.1) is 11.8 Å². The zero-order chi connectivity index (χ0) is 18.2. The third-order valence-corrected chi connectivity index (χ3v) is 5.13. The zero-order valence-electron chi connectivity index (χ0n) is 14.4. The lowest BCUT2D eigenvalue weighted by molar-refractivity contribution is -0.120. The number of amides is 2. The highest BCUT2D eigenvalue weighted by molar-refractivity contribution is 8.01. The Morgan fingerprint density at radius 3 is 2.38 bits per heavy atom. The smallest absolute Gasteiger partial charge is 0.234 e. The normalized spacial score (nSPS) is 12.5. The van der Waals surface area contributed by atoms with Gasteiger partial charge in [0.05, 0.1) is 11.0 Å². The fourth-order valence-electron chi connectivity index (χ4n) is 1.91. The van der Waals surface area contributed by atoms with Gasteiger partial charge in [-0.25, -0.2) is 4.39 Å². The Kier molecular flexibility index (Phi) is 8.21. The van der Waals surface area contributed by atoms with Crippen molar-refractivity contribution in [2.45, 2.75) is 44.4 Å². The van der Waals surface area contributed by atoms with Crippen molar-refractivity contribution in [3.8, 4) is 0 Å². The number of hydrogen-bond acceptors (Lipinski definition) is 4. The van der Waals surface area contributed by atoms with E-state index in [0.29, 0.717) is 12.2 Å². The van der Waals surface area contributed by atoms with Crippen LogP contribution in [0.25, 0.3) is 0 Å². The van der Waals surface area contributed by atoms with Crippen LogP contribution in [0.1, 0.15) is 33.6 Å². The summed E-state index contributed by atoms with van der Waals surface area (Å²) in [4.78, 5) is 23.9. The summed E-state index contributed by atoms with van der Waals surface area (Å²) in [6, 6.07) is 5.54. The monoisotopic (exact) mass is 355 g/mol. The van der Waals surface area contributed by atoms with E-state index >= 15 is 0 Å². The predicted molar refractivity (Wildman–Crippen MR) is 97.5 cm³/mol. The van der Waals surface area contributed by atoms with Crippen molar-refractivity contribution < 1.29 is 14.0 Å². The van der Waals surface area contributed by atoms with Crippen molar-refractivity contribution in [1.82, 2.24) is 5.32 Å². The van der Waals surface area contributed by atoms with Gasteiger partial charge in [-0.2, -0.15) is 0 Å². The van der Waals surface area contributed by atoms with Crippen molar-refractivity contribution in [1.29, 1.82) is 0 Å². The molecule has 0 saturated heterocycles. The summed E-state index contributed by atoms with van der Waals surface area (Å²) in [5.74, 6) is -0.586. The van der Waals surface area contributed by atoms with E-state index in [4.69, 9.17) is 5.73 Å². The van der Waals surface area contributed by atoms with E-state index in [2.05, 4.69) is 10.6 Å². The first-order chi connectivity index (χ1) is 11.3. The molecule has 0 fully saturated rings. The van der Waals surface area contributed by atoms with Gasteiger partial charge < -0.3 is 16.4 Å². The van der Waals surface area contributed by atoms with Crippen LogP contribution in [0.4, 0.5) is 10.1 Å². The molecule has 1 aromatic carbocycles. The number of nitrogens with two attached hydrogens (primary N) is 1. The summed E-state index contributed by atoms with van der Waals surface area (Å²) >= 11 is 1.24. The molecule has 0 spiro atoms. The van der Waals surface area contributed by atoms with Gasteiger partial charge in [-0.3, -0.25) is 9.59 Å². The standard InChI is InChI=1S/C17H26FN3O2S/c1-4-17(19,5-2)11-20-16(23)12(3)24-10-15(22)21-14-8-6-13(18)7-9-14/h6-9,12H,4-5,10-11,19H2,1-3H3,(H,20,23)(H,21,22). The van der Waals surface area contributed by atoms with Gasteiger partial charge in [-0.1, -0.05) is 13.8 Å². The van der Waals surface area contributed by atoms with Crippen molar-refractivity contribution in [3.63, 3.8) is 0 Å². The van der Waals surface area contributed by atoms with Gasteiger partial charge in [0, 0.05) is 17.8 Å². The molecule has 7 heteroatoms. The first kappa shape index (κ1) is 20.4. The van der Waals surface area contributed by atoms with Crippen LogP contribution in [0.5, 0.6) is 0 Å². The molecule has 1 aromatic rings. The highest BCUT2D eigenvalue weighted by Crippen LogP contribution is 2.14. The van der Waals surface area contributed by atoms with E-state index in [9.17, 15) is 14.0 Å². The fraction of sp³-hybridized carbons (Fsp3) is 0.529. The van der Waals surface area contributed by atoms with Crippen molar-refractivity contribution in [3.05, 3.63) is 30.1 Å². The molecule has 1 atom stereocenters. The molecule has 0 radical (unpaired) electrons. The average Bonchev–Trinajstić information content (AvgIpc) is 2.59. The molecule has 1 unspecified atom stereocenters. The van der Waals surface area contributed by atoms with Crippen LogP contribution in [0, 0.1) is 5.82 Å². The molecule has 24 heavy (non-hydrogen) atoms. The number of carbonyl (C=O) groups excluding carboxylic acids is 2. The van der Waals surface area contributed by atoms with Crippen LogP contribution in [0.3, 0.4) is 0 Å². The SMILES string of the molecule is CCC(N)(CC)CNC(=O)C(C)SCC(=O)Nc1ccc(F)cc1. The second-order valence-electron chi connectivity index (χ2n) is 5.80. The summed E-state index contributed by atoms with van der Waals surface area (Å²) < 4.78 is 12.8. The van der Waals surface area contributed by atoms with E-state index in [1.165, 1.54) is 36.0 Å². The Labute approximate surface area is 146 Å². The molecule has 4 N–H and O–H groups in total. The van der Waals surface area contributed by atoms with E-state index in [1.54, 1.807) is 6.92 Å². The molecule has 0 aromatic heterocycles. The van der Waals surface area contributed by atoms with Gasteiger partial charge in [-0.05, 0) is 44.0 Å². The van der Waals surface area contributed by atoms with E-state index < -0.39 is 0 Å². The minimum Gasteiger partial charge on any atom is -0.353 e. The first-order valence-corrected chi connectivity index (χ1v) is 9.08.